The van der Waals surface area contributed by atoms with E-state index in [2.05, 4.69) is 22.2 Å². The second-order valence-corrected chi connectivity index (χ2v) is 8.55. The molecule has 0 saturated heterocycles. The maximum absolute atomic E-state index is 12.8. The van der Waals surface area contributed by atoms with Crippen molar-refractivity contribution in [2.24, 2.45) is 0 Å². The number of rotatable bonds is 9. The standard InChI is InChI=1S/C23H26N2O2S/c1-19-12-14-22(15-13-19)28(26,27)25-23(21-10-6-3-7-11-21)18-24-17-16-20-8-4-2-5-9-20/h2-15,23-25H,16-18H2,1H3. The van der Waals surface area contributed by atoms with Crippen molar-refractivity contribution in [1.29, 1.82) is 0 Å². The Morgan fingerprint density at radius 3 is 2.07 bits per heavy atom. The van der Waals surface area contributed by atoms with Gasteiger partial charge in [-0.2, -0.15) is 0 Å². The molecule has 0 radical (unpaired) electrons. The third kappa shape index (κ3) is 5.76. The van der Waals surface area contributed by atoms with Gasteiger partial charge in [0.05, 0.1) is 10.9 Å². The fourth-order valence-electron chi connectivity index (χ4n) is 3.01. The van der Waals surface area contributed by atoms with E-state index >= 15 is 0 Å². The van der Waals surface area contributed by atoms with Gasteiger partial charge in [0.25, 0.3) is 0 Å². The molecule has 28 heavy (non-hydrogen) atoms. The van der Waals surface area contributed by atoms with E-state index in [9.17, 15) is 8.42 Å². The second kappa shape index (κ2) is 9.64. The highest BCUT2D eigenvalue weighted by molar-refractivity contribution is 7.89. The molecule has 0 saturated carbocycles. The van der Waals surface area contributed by atoms with Crippen LogP contribution in [0.3, 0.4) is 0 Å². The van der Waals surface area contributed by atoms with E-state index in [-0.39, 0.29) is 10.9 Å². The second-order valence-electron chi connectivity index (χ2n) is 6.84. The summed E-state index contributed by atoms with van der Waals surface area (Å²) >= 11 is 0. The van der Waals surface area contributed by atoms with Gasteiger partial charge in [0.1, 0.15) is 0 Å². The van der Waals surface area contributed by atoms with E-state index in [1.54, 1.807) is 12.1 Å². The first-order chi connectivity index (χ1) is 13.5. The summed E-state index contributed by atoms with van der Waals surface area (Å²) in [6.07, 6.45) is 0.896. The molecular formula is C23H26N2O2S. The average Bonchev–Trinajstić information content (AvgIpc) is 2.72. The summed E-state index contributed by atoms with van der Waals surface area (Å²) in [5.41, 5.74) is 3.22. The predicted octanol–water partition coefficient (Wildman–Crippen LogP) is 3.85. The van der Waals surface area contributed by atoms with Crippen LogP contribution in [0.4, 0.5) is 0 Å². The third-order valence-corrected chi connectivity index (χ3v) is 6.10. The molecule has 0 spiro atoms. The normalized spacial score (nSPS) is 12.6. The Morgan fingerprint density at radius 2 is 1.43 bits per heavy atom. The minimum atomic E-state index is -3.60. The van der Waals surface area contributed by atoms with Crippen LogP contribution in [0, 0.1) is 6.92 Å². The Bertz CT molecular complexity index is 957. The summed E-state index contributed by atoms with van der Waals surface area (Å²) < 4.78 is 28.5. The van der Waals surface area contributed by atoms with Crippen LogP contribution in [0.25, 0.3) is 0 Å². The lowest BCUT2D eigenvalue weighted by Crippen LogP contribution is -2.36. The Kier molecular flexibility index (Phi) is 6.98. The smallest absolute Gasteiger partial charge is 0.241 e. The van der Waals surface area contributed by atoms with Crippen LogP contribution < -0.4 is 10.0 Å². The molecule has 3 aromatic carbocycles. The van der Waals surface area contributed by atoms with Crippen molar-refractivity contribution >= 4 is 10.0 Å². The molecule has 2 N–H and O–H groups in total. The molecule has 146 valence electrons. The molecule has 1 atom stereocenters. The molecule has 0 amide bonds. The molecule has 0 fully saturated rings. The molecule has 0 aliphatic carbocycles. The van der Waals surface area contributed by atoms with Gasteiger partial charge in [-0.05, 0) is 43.1 Å². The number of nitrogens with one attached hydrogen (secondary N) is 2. The van der Waals surface area contributed by atoms with E-state index in [1.165, 1.54) is 5.56 Å². The first kappa shape index (κ1) is 20.3. The Labute approximate surface area is 167 Å². The molecule has 0 aromatic heterocycles. The zero-order valence-electron chi connectivity index (χ0n) is 16.0. The summed E-state index contributed by atoms with van der Waals surface area (Å²) in [6.45, 7) is 3.23. The van der Waals surface area contributed by atoms with E-state index in [0.29, 0.717) is 6.54 Å². The van der Waals surface area contributed by atoms with Gasteiger partial charge >= 0.3 is 0 Å². The fourth-order valence-corrected chi connectivity index (χ4v) is 4.23. The first-order valence-corrected chi connectivity index (χ1v) is 10.9. The molecule has 3 rings (SSSR count). The molecule has 0 aliphatic rings. The van der Waals surface area contributed by atoms with Crippen molar-refractivity contribution in [3.8, 4) is 0 Å². The molecule has 1 unspecified atom stereocenters. The minimum Gasteiger partial charge on any atom is -0.314 e. The van der Waals surface area contributed by atoms with Gasteiger partial charge in [0.15, 0.2) is 0 Å². The Hall–Kier alpha value is -2.47. The lowest BCUT2D eigenvalue weighted by molar-refractivity contribution is 0.529. The minimum absolute atomic E-state index is 0.281. The highest BCUT2D eigenvalue weighted by Gasteiger charge is 2.21. The van der Waals surface area contributed by atoms with E-state index in [4.69, 9.17) is 0 Å². The average molecular weight is 395 g/mol. The van der Waals surface area contributed by atoms with Crippen molar-refractivity contribution in [1.82, 2.24) is 10.0 Å². The van der Waals surface area contributed by atoms with Crippen molar-refractivity contribution in [3.05, 3.63) is 102 Å². The Morgan fingerprint density at radius 1 is 0.821 bits per heavy atom. The van der Waals surface area contributed by atoms with Crippen molar-refractivity contribution in [3.63, 3.8) is 0 Å². The van der Waals surface area contributed by atoms with Gasteiger partial charge in [0.2, 0.25) is 10.0 Å². The quantitative estimate of drug-likeness (QED) is 0.542. The molecule has 0 bridgehead atoms. The van der Waals surface area contributed by atoms with E-state index in [1.807, 2.05) is 67.6 Å². The maximum Gasteiger partial charge on any atom is 0.241 e. The van der Waals surface area contributed by atoms with Crippen LogP contribution in [0.1, 0.15) is 22.7 Å². The van der Waals surface area contributed by atoms with Crippen LogP contribution in [0.2, 0.25) is 0 Å². The molecule has 0 aliphatic heterocycles. The zero-order chi connectivity index (χ0) is 19.8. The van der Waals surface area contributed by atoms with Gasteiger partial charge in [-0.3, -0.25) is 0 Å². The van der Waals surface area contributed by atoms with E-state index < -0.39 is 10.0 Å². The van der Waals surface area contributed by atoms with Crippen LogP contribution >= 0.6 is 0 Å². The molecule has 0 heterocycles. The predicted molar refractivity (Wildman–Crippen MR) is 114 cm³/mol. The van der Waals surface area contributed by atoms with Crippen molar-refractivity contribution in [2.75, 3.05) is 13.1 Å². The van der Waals surface area contributed by atoms with Crippen LogP contribution in [-0.2, 0) is 16.4 Å². The number of sulfonamides is 1. The number of hydrogen-bond acceptors (Lipinski definition) is 3. The zero-order valence-corrected chi connectivity index (χ0v) is 16.8. The van der Waals surface area contributed by atoms with Crippen molar-refractivity contribution in [2.45, 2.75) is 24.3 Å². The fraction of sp³-hybridized carbons (Fsp3) is 0.217. The van der Waals surface area contributed by atoms with Crippen LogP contribution in [0.15, 0.2) is 89.8 Å². The lowest BCUT2D eigenvalue weighted by Gasteiger charge is -2.20. The summed E-state index contributed by atoms with van der Waals surface area (Å²) in [4.78, 5) is 0.281. The van der Waals surface area contributed by atoms with Gasteiger partial charge in [-0.15, -0.1) is 0 Å². The summed E-state index contributed by atoms with van der Waals surface area (Å²) in [6, 6.07) is 26.5. The Balaban J connectivity index is 1.68. The van der Waals surface area contributed by atoms with Crippen LogP contribution in [0.5, 0.6) is 0 Å². The maximum atomic E-state index is 12.8. The summed E-state index contributed by atoms with van der Waals surface area (Å²) in [5, 5.41) is 3.39. The highest BCUT2D eigenvalue weighted by Crippen LogP contribution is 2.17. The van der Waals surface area contributed by atoms with Gasteiger partial charge in [-0.25, -0.2) is 13.1 Å². The largest absolute Gasteiger partial charge is 0.314 e. The van der Waals surface area contributed by atoms with Gasteiger partial charge in [0, 0.05) is 6.54 Å². The van der Waals surface area contributed by atoms with Gasteiger partial charge in [-0.1, -0.05) is 78.4 Å². The number of aryl methyl sites for hydroxylation is 1. The monoisotopic (exact) mass is 394 g/mol. The molecular weight excluding hydrogens is 368 g/mol. The molecule has 5 heteroatoms. The summed E-state index contributed by atoms with van der Waals surface area (Å²) in [7, 11) is -3.60. The highest BCUT2D eigenvalue weighted by atomic mass is 32.2. The molecule has 4 nitrogen and oxygen atoms in total. The molecule has 3 aromatic rings. The van der Waals surface area contributed by atoms with Crippen molar-refractivity contribution < 1.29 is 8.42 Å². The SMILES string of the molecule is Cc1ccc(S(=O)(=O)NC(CNCCc2ccccc2)c2ccccc2)cc1. The summed E-state index contributed by atoms with van der Waals surface area (Å²) in [5.74, 6) is 0. The third-order valence-electron chi connectivity index (χ3n) is 4.61. The van der Waals surface area contributed by atoms with Gasteiger partial charge < -0.3 is 5.32 Å². The van der Waals surface area contributed by atoms with Crippen LogP contribution in [-0.4, -0.2) is 21.5 Å². The first-order valence-electron chi connectivity index (χ1n) is 9.43. The lowest BCUT2D eigenvalue weighted by atomic mass is 10.1. The topological polar surface area (TPSA) is 58.2 Å². The number of hydrogen-bond donors (Lipinski definition) is 2. The van der Waals surface area contributed by atoms with E-state index in [0.717, 1.165) is 24.1 Å². The number of benzene rings is 3.